The van der Waals surface area contributed by atoms with Crippen molar-refractivity contribution in [3.05, 3.63) is 54.5 Å². The summed E-state index contributed by atoms with van der Waals surface area (Å²) in [6.45, 7) is 0.570. The molecule has 1 aromatic heterocycles. The molecular formula is C15H10N2O. The zero-order valence-corrected chi connectivity index (χ0v) is 9.63. The van der Waals surface area contributed by atoms with Gasteiger partial charge in [0.25, 0.3) is 0 Å². The van der Waals surface area contributed by atoms with E-state index in [1.54, 1.807) is 6.33 Å². The highest BCUT2D eigenvalue weighted by Crippen LogP contribution is 2.39. The molecule has 0 amide bonds. The maximum absolute atomic E-state index is 5.80. The summed E-state index contributed by atoms with van der Waals surface area (Å²) in [5.41, 5.74) is 4.48. The van der Waals surface area contributed by atoms with Gasteiger partial charge in [0.15, 0.2) is 0 Å². The quantitative estimate of drug-likeness (QED) is 0.599. The van der Waals surface area contributed by atoms with E-state index in [1.165, 1.54) is 5.56 Å². The lowest BCUT2D eigenvalue weighted by Gasteiger charge is -2.21. The topological polar surface area (TPSA) is 35.0 Å². The molecule has 86 valence electrons. The highest BCUT2D eigenvalue weighted by molar-refractivity contribution is 5.90. The van der Waals surface area contributed by atoms with E-state index >= 15 is 0 Å². The smallest absolute Gasteiger partial charge is 0.127 e. The zero-order chi connectivity index (χ0) is 11.9. The van der Waals surface area contributed by atoms with Crippen LogP contribution in [0.3, 0.4) is 0 Å². The third-order valence-electron chi connectivity index (χ3n) is 3.33. The van der Waals surface area contributed by atoms with Crippen LogP contribution in [0.25, 0.3) is 22.0 Å². The van der Waals surface area contributed by atoms with Crippen LogP contribution >= 0.6 is 0 Å². The number of hydrogen-bond acceptors (Lipinski definition) is 3. The molecule has 3 nitrogen and oxygen atoms in total. The van der Waals surface area contributed by atoms with Crippen molar-refractivity contribution in [1.29, 1.82) is 0 Å². The largest absolute Gasteiger partial charge is 0.488 e. The minimum atomic E-state index is 0.570. The van der Waals surface area contributed by atoms with Crippen LogP contribution in [0.15, 0.2) is 48.9 Å². The lowest BCUT2D eigenvalue weighted by molar-refractivity contribution is 0.303. The number of para-hydroxylation sites is 1. The van der Waals surface area contributed by atoms with Gasteiger partial charge in [0.05, 0.1) is 5.52 Å². The third kappa shape index (κ3) is 1.24. The van der Waals surface area contributed by atoms with Crippen LogP contribution in [0.4, 0.5) is 0 Å². The molecule has 0 spiro atoms. The molecule has 0 aliphatic carbocycles. The Morgan fingerprint density at radius 2 is 1.94 bits per heavy atom. The Hall–Kier alpha value is -2.42. The first kappa shape index (κ1) is 9.59. The lowest BCUT2D eigenvalue weighted by Crippen LogP contribution is -2.06. The number of fused-ring (bicyclic) bond motifs is 5. The molecule has 1 aliphatic heterocycles. The van der Waals surface area contributed by atoms with Gasteiger partial charge in [0, 0.05) is 22.7 Å². The van der Waals surface area contributed by atoms with Crippen molar-refractivity contribution < 1.29 is 4.74 Å². The second-order valence-electron chi connectivity index (χ2n) is 4.34. The van der Waals surface area contributed by atoms with Crippen LogP contribution < -0.4 is 4.74 Å². The third-order valence-corrected chi connectivity index (χ3v) is 3.33. The average molecular weight is 234 g/mol. The number of aromatic nitrogens is 2. The van der Waals surface area contributed by atoms with E-state index in [0.717, 1.165) is 27.8 Å². The molecule has 0 saturated heterocycles. The first-order valence-corrected chi connectivity index (χ1v) is 5.87. The van der Waals surface area contributed by atoms with Crippen molar-refractivity contribution in [2.75, 3.05) is 0 Å². The van der Waals surface area contributed by atoms with Crippen molar-refractivity contribution in [2.45, 2.75) is 6.61 Å². The Kier molecular flexibility index (Phi) is 1.88. The van der Waals surface area contributed by atoms with Crippen molar-refractivity contribution in [2.24, 2.45) is 0 Å². The molecule has 4 rings (SSSR count). The molecule has 0 radical (unpaired) electrons. The molecule has 2 aromatic carbocycles. The van der Waals surface area contributed by atoms with Gasteiger partial charge in [-0.2, -0.15) is 0 Å². The number of benzene rings is 2. The highest BCUT2D eigenvalue weighted by Gasteiger charge is 2.19. The molecule has 0 saturated carbocycles. The van der Waals surface area contributed by atoms with E-state index in [9.17, 15) is 0 Å². The molecule has 18 heavy (non-hydrogen) atoms. The Bertz CT molecular complexity index is 752. The second-order valence-corrected chi connectivity index (χ2v) is 4.34. The lowest BCUT2D eigenvalue weighted by atomic mass is 9.95. The summed E-state index contributed by atoms with van der Waals surface area (Å²) in [6.07, 6.45) is 3.42. The Morgan fingerprint density at radius 1 is 1.00 bits per heavy atom. The summed E-state index contributed by atoms with van der Waals surface area (Å²) >= 11 is 0. The minimum Gasteiger partial charge on any atom is -0.488 e. The summed E-state index contributed by atoms with van der Waals surface area (Å²) in [5, 5.41) is 1.05. The summed E-state index contributed by atoms with van der Waals surface area (Å²) in [7, 11) is 0. The van der Waals surface area contributed by atoms with Crippen LogP contribution in [0.5, 0.6) is 5.75 Å². The summed E-state index contributed by atoms with van der Waals surface area (Å²) in [5.74, 6) is 0.943. The van der Waals surface area contributed by atoms with Crippen LogP contribution in [0.2, 0.25) is 0 Å². The van der Waals surface area contributed by atoms with E-state index in [-0.39, 0.29) is 0 Å². The predicted molar refractivity (Wildman–Crippen MR) is 69.3 cm³/mol. The maximum Gasteiger partial charge on any atom is 0.127 e. The molecule has 0 fully saturated rings. The number of rotatable bonds is 0. The van der Waals surface area contributed by atoms with Crippen LogP contribution in [0.1, 0.15) is 5.56 Å². The number of hydrogen-bond donors (Lipinski definition) is 0. The summed E-state index contributed by atoms with van der Waals surface area (Å²) in [4.78, 5) is 8.43. The normalized spacial score (nSPS) is 12.7. The predicted octanol–water partition coefficient (Wildman–Crippen LogP) is 3.19. The van der Waals surface area contributed by atoms with E-state index < -0.39 is 0 Å². The monoisotopic (exact) mass is 234 g/mol. The average Bonchev–Trinajstić information content (AvgIpc) is 2.46. The zero-order valence-electron chi connectivity index (χ0n) is 9.63. The van der Waals surface area contributed by atoms with Crippen LogP contribution in [-0.2, 0) is 6.61 Å². The van der Waals surface area contributed by atoms with Gasteiger partial charge in [-0.05, 0) is 11.6 Å². The second kappa shape index (κ2) is 3.53. The fourth-order valence-electron chi connectivity index (χ4n) is 2.48. The van der Waals surface area contributed by atoms with Gasteiger partial charge in [-0.15, -0.1) is 0 Å². The molecule has 3 heteroatoms. The van der Waals surface area contributed by atoms with Gasteiger partial charge in [0.2, 0.25) is 0 Å². The van der Waals surface area contributed by atoms with Crippen molar-refractivity contribution in [1.82, 2.24) is 9.97 Å². The first-order chi connectivity index (χ1) is 8.93. The SMILES string of the molecule is c1ccc2c(c1)OCc1c-2ccc2cncnc12. The van der Waals surface area contributed by atoms with Gasteiger partial charge in [-0.3, -0.25) is 0 Å². The van der Waals surface area contributed by atoms with Gasteiger partial charge in [0.1, 0.15) is 18.7 Å². The standard InChI is InChI=1S/C15H10N2O/c1-2-4-14-12(3-1)11-6-5-10-7-16-9-17-15(10)13(11)8-18-14/h1-7,9H,8H2. The van der Waals surface area contributed by atoms with E-state index in [0.29, 0.717) is 6.61 Å². The first-order valence-electron chi connectivity index (χ1n) is 5.87. The molecule has 0 unspecified atom stereocenters. The maximum atomic E-state index is 5.80. The molecule has 0 bridgehead atoms. The molecule has 0 N–H and O–H groups in total. The van der Waals surface area contributed by atoms with E-state index in [4.69, 9.17) is 4.74 Å². The van der Waals surface area contributed by atoms with Crippen molar-refractivity contribution >= 4 is 10.9 Å². The Morgan fingerprint density at radius 3 is 2.94 bits per heavy atom. The fraction of sp³-hybridized carbons (Fsp3) is 0.0667. The number of nitrogens with zero attached hydrogens (tertiary/aromatic N) is 2. The van der Waals surface area contributed by atoms with Crippen molar-refractivity contribution in [3.63, 3.8) is 0 Å². The molecule has 2 heterocycles. The van der Waals surface area contributed by atoms with E-state index in [1.807, 2.05) is 24.4 Å². The minimum absolute atomic E-state index is 0.570. The fourth-order valence-corrected chi connectivity index (χ4v) is 2.48. The molecule has 1 aliphatic rings. The van der Waals surface area contributed by atoms with E-state index in [2.05, 4.69) is 28.2 Å². The molecule has 0 atom stereocenters. The summed E-state index contributed by atoms with van der Waals surface area (Å²) < 4.78 is 5.80. The van der Waals surface area contributed by atoms with Gasteiger partial charge >= 0.3 is 0 Å². The van der Waals surface area contributed by atoms with Crippen LogP contribution in [0, 0.1) is 0 Å². The number of ether oxygens (including phenoxy) is 1. The summed E-state index contributed by atoms with van der Waals surface area (Å²) in [6, 6.07) is 12.3. The van der Waals surface area contributed by atoms with Gasteiger partial charge < -0.3 is 4.74 Å². The Labute approximate surface area is 104 Å². The van der Waals surface area contributed by atoms with Crippen molar-refractivity contribution in [3.8, 4) is 16.9 Å². The van der Waals surface area contributed by atoms with Crippen LogP contribution in [-0.4, -0.2) is 9.97 Å². The molecule has 3 aromatic rings. The Balaban J connectivity index is 2.09. The highest BCUT2D eigenvalue weighted by atomic mass is 16.5. The molecular weight excluding hydrogens is 224 g/mol. The van der Waals surface area contributed by atoms with Gasteiger partial charge in [-0.1, -0.05) is 30.3 Å². The van der Waals surface area contributed by atoms with Gasteiger partial charge in [-0.25, -0.2) is 9.97 Å².